The normalized spacial score (nSPS) is 15.6. The number of benzene rings is 1. The number of hydrogen-bond acceptors (Lipinski definition) is 3. The van der Waals surface area contributed by atoms with Crippen LogP contribution in [0.2, 0.25) is 5.02 Å². The molecule has 98 valence electrons. The smallest absolute Gasteiger partial charge is 0.211 e. The summed E-state index contributed by atoms with van der Waals surface area (Å²) in [6.07, 6.45) is 3.19. The fraction of sp³-hybridized carbons (Fsp3) is 0.462. The van der Waals surface area contributed by atoms with E-state index in [1.54, 1.807) is 18.2 Å². The zero-order valence-electron chi connectivity index (χ0n) is 10.2. The van der Waals surface area contributed by atoms with Crippen LogP contribution in [0.3, 0.4) is 0 Å². The maximum absolute atomic E-state index is 10.3. The Balaban J connectivity index is 1.82. The summed E-state index contributed by atoms with van der Waals surface area (Å²) in [4.78, 5) is 12.7. The highest BCUT2D eigenvalue weighted by Crippen LogP contribution is 2.27. The first-order valence-corrected chi connectivity index (χ1v) is 6.52. The highest BCUT2D eigenvalue weighted by molar-refractivity contribution is 6.32. The number of halogens is 1. The van der Waals surface area contributed by atoms with Crippen LogP contribution >= 0.6 is 11.6 Å². The van der Waals surface area contributed by atoms with Gasteiger partial charge in [-0.2, -0.15) is 0 Å². The molecule has 0 radical (unpaired) electrons. The maximum atomic E-state index is 10.3. The van der Waals surface area contributed by atoms with E-state index in [0.717, 1.165) is 6.54 Å². The molecule has 0 spiro atoms. The first-order valence-electron chi connectivity index (χ1n) is 6.14. The van der Waals surface area contributed by atoms with Gasteiger partial charge >= 0.3 is 0 Å². The van der Waals surface area contributed by atoms with Crippen LogP contribution in [-0.2, 0) is 4.79 Å². The van der Waals surface area contributed by atoms with Crippen molar-refractivity contribution in [1.29, 1.82) is 0 Å². The van der Waals surface area contributed by atoms with Crippen LogP contribution in [0, 0.1) is 0 Å². The van der Waals surface area contributed by atoms with E-state index in [0.29, 0.717) is 29.5 Å². The molecule has 4 nitrogen and oxygen atoms in total. The molecular weight excluding hydrogens is 252 g/mol. The molecule has 1 aliphatic heterocycles. The van der Waals surface area contributed by atoms with Gasteiger partial charge < -0.3 is 10.1 Å². The second-order valence-electron chi connectivity index (χ2n) is 4.30. The second kappa shape index (κ2) is 6.61. The maximum Gasteiger partial charge on any atom is 0.211 e. The lowest BCUT2D eigenvalue weighted by Crippen LogP contribution is -2.25. The summed E-state index contributed by atoms with van der Waals surface area (Å²) in [6, 6.07) is 5.23. The second-order valence-corrected chi connectivity index (χ2v) is 4.71. The number of hydrogen-bond donors (Lipinski definition) is 1. The summed E-state index contributed by atoms with van der Waals surface area (Å²) < 4.78 is 5.64. The number of nitrogens with zero attached hydrogens (tertiary/aromatic N) is 1. The van der Waals surface area contributed by atoms with Crippen LogP contribution in [-0.4, -0.2) is 37.6 Å². The van der Waals surface area contributed by atoms with E-state index in [2.05, 4.69) is 10.2 Å². The van der Waals surface area contributed by atoms with E-state index in [1.165, 1.54) is 25.9 Å². The summed E-state index contributed by atoms with van der Waals surface area (Å²) in [6.45, 7) is 3.91. The summed E-state index contributed by atoms with van der Waals surface area (Å²) >= 11 is 6.07. The highest BCUT2D eigenvalue weighted by Gasteiger charge is 2.11. The van der Waals surface area contributed by atoms with Gasteiger partial charge in [-0.15, -0.1) is 0 Å². The van der Waals surface area contributed by atoms with Crippen molar-refractivity contribution < 1.29 is 9.53 Å². The lowest BCUT2D eigenvalue weighted by molar-refractivity contribution is -0.105. The molecule has 1 aromatic rings. The average Bonchev–Trinajstić information content (AvgIpc) is 2.85. The van der Waals surface area contributed by atoms with Crippen molar-refractivity contribution in [3.8, 4) is 5.75 Å². The van der Waals surface area contributed by atoms with Crippen molar-refractivity contribution in [2.45, 2.75) is 12.8 Å². The van der Waals surface area contributed by atoms with Gasteiger partial charge in [-0.3, -0.25) is 9.69 Å². The Morgan fingerprint density at radius 1 is 1.39 bits per heavy atom. The Bertz CT molecular complexity index is 406. The van der Waals surface area contributed by atoms with Crippen LogP contribution in [0.25, 0.3) is 0 Å². The quantitative estimate of drug-likeness (QED) is 0.806. The Morgan fingerprint density at radius 3 is 2.83 bits per heavy atom. The molecule has 0 atom stereocenters. The van der Waals surface area contributed by atoms with E-state index in [9.17, 15) is 4.79 Å². The molecule has 1 aliphatic rings. The summed E-state index contributed by atoms with van der Waals surface area (Å²) in [5.74, 6) is 0.660. The van der Waals surface area contributed by atoms with E-state index in [1.807, 2.05) is 0 Å². The van der Waals surface area contributed by atoms with Gasteiger partial charge in [0.1, 0.15) is 12.4 Å². The fourth-order valence-electron chi connectivity index (χ4n) is 2.07. The van der Waals surface area contributed by atoms with Crippen molar-refractivity contribution in [3.63, 3.8) is 0 Å². The molecular formula is C13H17ClN2O2. The van der Waals surface area contributed by atoms with Crippen molar-refractivity contribution in [1.82, 2.24) is 4.90 Å². The van der Waals surface area contributed by atoms with Crippen LogP contribution in [0.15, 0.2) is 18.2 Å². The monoisotopic (exact) mass is 268 g/mol. The zero-order chi connectivity index (χ0) is 12.8. The number of carbonyl (C=O) groups is 1. The Morgan fingerprint density at radius 2 is 2.17 bits per heavy atom. The van der Waals surface area contributed by atoms with Gasteiger partial charge in [0.25, 0.3) is 0 Å². The molecule has 5 heteroatoms. The summed E-state index contributed by atoms with van der Waals surface area (Å²) in [5.41, 5.74) is 0.668. The van der Waals surface area contributed by atoms with Gasteiger partial charge in [0.05, 0.1) is 5.02 Å². The van der Waals surface area contributed by atoms with Crippen LogP contribution in [0.1, 0.15) is 12.8 Å². The predicted octanol–water partition coefficient (Wildman–Crippen LogP) is 2.38. The molecule has 1 aromatic carbocycles. The summed E-state index contributed by atoms with van der Waals surface area (Å²) in [7, 11) is 0. The molecule has 18 heavy (non-hydrogen) atoms. The minimum atomic E-state index is 0.517. The van der Waals surface area contributed by atoms with Gasteiger partial charge in [-0.1, -0.05) is 11.6 Å². The highest BCUT2D eigenvalue weighted by atomic mass is 35.5. The third-order valence-electron chi connectivity index (χ3n) is 3.02. The minimum Gasteiger partial charge on any atom is -0.491 e. The lowest BCUT2D eigenvalue weighted by atomic mass is 10.3. The number of ether oxygens (including phenoxy) is 1. The van der Waals surface area contributed by atoms with Gasteiger partial charge in [0.15, 0.2) is 0 Å². The van der Waals surface area contributed by atoms with E-state index in [-0.39, 0.29) is 0 Å². The molecule has 1 N–H and O–H groups in total. The van der Waals surface area contributed by atoms with Gasteiger partial charge in [0.2, 0.25) is 6.41 Å². The number of rotatable bonds is 6. The number of carbonyl (C=O) groups excluding carboxylic acids is 1. The minimum absolute atomic E-state index is 0.517. The number of anilines is 1. The fourth-order valence-corrected chi connectivity index (χ4v) is 2.30. The Labute approximate surface area is 112 Å². The van der Waals surface area contributed by atoms with Crippen LogP contribution < -0.4 is 10.1 Å². The molecule has 1 amide bonds. The largest absolute Gasteiger partial charge is 0.491 e. The molecule has 0 saturated carbocycles. The molecule has 0 unspecified atom stereocenters. The van der Waals surface area contributed by atoms with Crippen LogP contribution in [0.4, 0.5) is 5.69 Å². The third-order valence-corrected chi connectivity index (χ3v) is 3.32. The molecule has 1 fully saturated rings. The van der Waals surface area contributed by atoms with Crippen molar-refractivity contribution in [2.24, 2.45) is 0 Å². The van der Waals surface area contributed by atoms with Gasteiger partial charge in [0, 0.05) is 12.2 Å². The van der Waals surface area contributed by atoms with Gasteiger partial charge in [-0.25, -0.2) is 0 Å². The van der Waals surface area contributed by atoms with Crippen molar-refractivity contribution in [2.75, 3.05) is 31.6 Å². The van der Waals surface area contributed by atoms with Crippen LogP contribution in [0.5, 0.6) is 5.75 Å². The molecule has 1 heterocycles. The molecule has 1 saturated heterocycles. The predicted molar refractivity (Wildman–Crippen MR) is 72.3 cm³/mol. The molecule has 0 bridgehead atoms. The zero-order valence-corrected chi connectivity index (χ0v) is 10.9. The number of nitrogens with one attached hydrogen (secondary N) is 1. The van der Waals surface area contributed by atoms with Gasteiger partial charge in [-0.05, 0) is 44.1 Å². The lowest BCUT2D eigenvalue weighted by Gasteiger charge is -2.15. The van der Waals surface area contributed by atoms with Crippen molar-refractivity contribution >= 4 is 23.7 Å². The van der Waals surface area contributed by atoms with E-state index < -0.39 is 0 Å². The SMILES string of the molecule is O=CNc1ccc(OCCN2CCCC2)c(Cl)c1. The average molecular weight is 269 g/mol. The van der Waals surface area contributed by atoms with E-state index >= 15 is 0 Å². The summed E-state index contributed by atoms with van der Waals surface area (Å²) in [5, 5.41) is 3.06. The first kappa shape index (κ1) is 13.2. The standard InChI is InChI=1S/C13H17ClN2O2/c14-12-9-11(15-10-17)3-4-13(12)18-8-7-16-5-1-2-6-16/h3-4,9-10H,1-2,5-8H2,(H,15,17). The Hall–Kier alpha value is -1.26. The molecule has 0 aromatic heterocycles. The molecule has 0 aliphatic carbocycles. The number of amides is 1. The topological polar surface area (TPSA) is 41.6 Å². The molecule has 2 rings (SSSR count). The Kier molecular flexibility index (Phi) is 4.84. The van der Waals surface area contributed by atoms with E-state index in [4.69, 9.17) is 16.3 Å². The van der Waals surface area contributed by atoms with Crippen molar-refractivity contribution in [3.05, 3.63) is 23.2 Å². The third kappa shape index (κ3) is 3.62. The first-order chi connectivity index (χ1) is 8.79. The number of likely N-dealkylation sites (tertiary alicyclic amines) is 1.